The number of nitrogens with one attached hydrogen (secondary N) is 2. The molecule has 0 saturated heterocycles. The van der Waals surface area contributed by atoms with Gasteiger partial charge in [0.2, 0.25) is 0 Å². The number of aromatic nitrogens is 2. The number of hydrogen-bond donors (Lipinski definition) is 3. The second kappa shape index (κ2) is 8.50. The van der Waals surface area contributed by atoms with Crippen LogP contribution in [0.3, 0.4) is 0 Å². The van der Waals surface area contributed by atoms with Crippen LogP contribution in [-0.2, 0) is 13.1 Å². The Hall–Kier alpha value is -2.57. The topological polar surface area (TPSA) is 79.4 Å². The second-order valence-corrected chi connectivity index (χ2v) is 5.59. The highest BCUT2D eigenvalue weighted by Gasteiger charge is 2.07. The lowest BCUT2D eigenvalue weighted by molar-refractivity contribution is 0.194. The van der Waals surface area contributed by atoms with E-state index in [4.69, 9.17) is 14.6 Å². The molecule has 0 amide bonds. The van der Waals surface area contributed by atoms with E-state index < -0.39 is 0 Å². The first kappa shape index (κ1) is 17.3. The molecule has 25 heavy (non-hydrogen) atoms. The molecule has 0 atom stereocenters. The van der Waals surface area contributed by atoms with Crippen molar-refractivity contribution in [2.24, 2.45) is 0 Å². The summed E-state index contributed by atoms with van der Waals surface area (Å²) in [6.07, 6.45) is 0. The van der Waals surface area contributed by atoms with Gasteiger partial charge in [0, 0.05) is 6.54 Å². The van der Waals surface area contributed by atoms with Crippen LogP contribution in [0, 0.1) is 0 Å². The van der Waals surface area contributed by atoms with E-state index >= 15 is 0 Å². The molecule has 1 aromatic heterocycles. The minimum Gasteiger partial charge on any atom is -0.490 e. The number of hydrogen-bond acceptors (Lipinski definition) is 5. The van der Waals surface area contributed by atoms with Gasteiger partial charge in [-0.15, -0.1) is 0 Å². The van der Waals surface area contributed by atoms with E-state index in [1.165, 1.54) is 0 Å². The van der Waals surface area contributed by atoms with E-state index in [1.807, 2.05) is 49.4 Å². The molecule has 3 aromatic rings. The zero-order chi connectivity index (χ0) is 17.5. The maximum atomic E-state index is 8.90. The lowest BCUT2D eigenvalue weighted by Gasteiger charge is -2.13. The van der Waals surface area contributed by atoms with Crippen molar-refractivity contribution in [1.82, 2.24) is 15.3 Å². The zero-order valence-corrected chi connectivity index (χ0v) is 14.3. The molecular weight excluding hydrogens is 318 g/mol. The number of nitrogens with zero attached hydrogens (tertiary/aromatic N) is 1. The molecule has 6 nitrogen and oxygen atoms in total. The van der Waals surface area contributed by atoms with Gasteiger partial charge in [-0.2, -0.15) is 0 Å². The summed E-state index contributed by atoms with van der Waals surface area (Å²) in [5.41, 5.74) is 3.11. The first-order valence-electron chi connectivity index (χ1n) is 8.44. The first-order chi connectivity index (χ1) is 12.3. The predicted octanol–water partition coefficient (Wildman–Crippen LogP) is 2.62. The van der Waals surface area contributed by atoms with Gasteiger partial charge >= 0.3 is 0 Å². The van der Waals surface area contributed by atoms with Crippen LogP contribution in [0.2, 0.25) is 0 Å². The number of H-pyrrole nitrogens is 1. The molecule has 0 spiro atoms. The summed E-state index contributed by atoms with van der Waals surface area (Å²) in [6.45, 7) is 4.07. The van der Waals surface area contributed by atoms with Crippen molar-refractivity contribution < 1.29 is 14.6 Å². The maximum absolute atomic E-state index is 8.90. The summed E-state index contributed by atoms with van der Waals surface area (Å²) < 4.78 is 11.1. The van der Waals surface area contributed by atoms with Gasteiger partial charge in [0.1, 0.15) is 12.4 Å². The molecule has 0 bridgehead atoms. The molecule has 0 saturated carbocycles. The van der Waals surface area contributed by atoms with Crippen molar-refractivity contribution in [3.63, 3.8) is 0 Å². The van der Waals surface area contributed by atoms with Crippen LogP contribution >= 0.6 is 0 Å². The fourth-order valence-corrected chi connectivity index (χ4v) is 2.62. The molecule has 132 valence electrons. The van der Waals surface area contributed by atoms with Crippen LogP contribution in [0.15, 0.2) is 42.5 Å². The molecular formula is C19H23N3O3. The van der Waals surface area contributed by atoms with Gasteiger partial charge in [0.25, 0.3) is 0 Å². The molecule has 0 aliphatic rings. The largest absolute Gasteiger partial charge is 0.490 e. The van der Waals surface area contributed by atoms with E-state index in [-0.39, 0.29) is 13.2 Å². The Kier molecular flexibility index (Phi) is 5.87. The molecule has 0 aliphatic carbocycles. The summed E-state index contributed by atoms with van der Waals surface area (Å²) in [5.74, 6) is 2.25. The van der Waals surface area contributed by atoms with Gasteiger partial charge in [-0.25, -0.2) is 4.98 Å². The SMILES string of the molecule is CCOc1cc(CNCc2nc3ccccc3[nH]2)ccc1OCCO. The number of benzene rings is 2. The molecule has 3 N–H and O–H groups in total. The first-order valence-corrected chi connectivity index (χ1v) is 8.44. The van der Waals surface area contributed by atoms with Gasteiger partial charge in [0.05, 0.1) is 30.8 Å². The Bertz CT molecular complexity index is 784. The Morgan fingerprint density at radius 2 is 1.96 bits per heavy atom. The van der Waals surface area contributed by atoms with Crippen LogP contribution in [-0.4, -0.2) is 34.9 Å². The molecule has 0 unspecified atom stereocenters. The molecule has 1 heterocycles. The highest BCUT2D eigenvalue weighted by Crippen LogP contribution is 2.28. The summed E-state index contributed by atoms with van der Waals surface area (Å²) in [4.78, 5) is 7.86. The number of ether oxygens (including phenoxy) is 2. The van der Waals surface area contributed by atoms with Gasteiger partial charge in [-0.05, 0) is 36.8 Å². The standard InChI is InChI=1S/C19H23N3O3/c1-2-24-18-11-14(7-8-17(18)25-10-9-23)12-20-13-19-21-15-5-3-4-6-16(15)22-19/h3-8,11,20,23H,2,9-10,12-13H2,1H3,(H,21,22). The Morgan fingerprint density at radius 3 is 2.76 bits per heavy atom. The summed E-state index contributed by atoms with van der Waals surface area (Å²) >= 11 is 0. The van der Waals surface area contributed by atoms with Crippen molar-refractivity contribution >= 4 is 11.0 Å². The molecule has 6 heteroatoms. The highest BCUT2D eigenvalue weighted by atomic mass is 16.5. The molecule has 0 aliphatic heterocycles. The minimum absolute atomic E-state index is 0.0215. The molecule has 0 radical (unpaired) electrons. The number of imidazole rings is 1. The van der Waals surface area contributed by atoms with Crippen LogP contribution in [0.25, 0.3) is 11.0 Å². The van der Waals surface area contributed by atoms with E-state index in [0.717, 1.165) is 22.4 Å². The van der Waals surface area contributed by atoms with Gasteiger partial charge < -0.3 is 24.9 Å². The average Bonchev–Trinajstić information content (AvgIpc) is 3.04. The minimum atomic E-state index is -0.0215. The fourth-order valence-electron chi connectivity index (χ4n) is 2.62. The third-order valence-electron chi connectivity index (χ3n) is 3.72. The van der Waals surface area contributed by atoms with E-state index in [9.17, 15) is 0 Å². The number of aliphatic hydroxyl groups excluding tert-OH is 1. The molecule has 2 aromatic carbocycles. The molecule has 3 rings (SSSR count). The van der Waals surface area contributed by atoms with Crippen molar-refractivity contribution in [1.29, 1.82) is 0 Å². The van der Waals surface area contributed by atoms with Crippen LogP contribution in [0.1, 0.15) is 18.3 Å². The van der Waals surface area contributed by atoms with Crippen molar-refractivity contribution in [3.05, 3.63) is 53.9 Å². The van der Waals surface area contributed by atoms with Crippen LogP contribution in [0.4, 0.5) is 0 Å². The lowest BCUT2D eigenvalue weighted by atomic mass is 10.2. The number of aliphatic hydroxyl groups is 1. The van der Waals surface area contributed by atoms with Crippen molar-refractivity contribution in [2.45, 2.75) is 20.0 Å². The third kappa shape index (κ3) is 4.49. The van der Waals surface area contributed by atoms with Gasteiger partial charge in [0.15, 0.2) is 11.5 Å². The second-order valence-electron chi connectivity index (χ2n) is 5.59. The smallest absolute Gasteiger partial charge is 0.161 e. The number of para-hydroxylation sites is 2. The van der Waals surface area contributed by atoms with E-state index in [0.29, 0.717) is 31.2 Å². The third-order valence-corrected chi connectivity index (χ3v) is 3.72. The Labute approximate surface area is 146 Å². The van der Waals surface area contributed by atoms with Crippen molar-refractivity contribution in [3.8, 4) is 11.5 Å². The van der Waals surface area contributed by atoms with Crippen LogP contribution < -0.4 is 14.8 Å². The lowest BCUT2D eigenvalue weighted by Crippen LogP contribution is -2.14. The fraction of sp³-hybridized carbons (Fsp3) is 0.316. The number of rotatable bonds is 9. The quantitative estimate of drug-likeness (QED) is 0.557. The van der Waals surface area contributed by atoms with Gasteiger partial charge in [-0.1, -0.05) is 18.2 Å². The summed E-state index contributed by atoms with van der Waals surface area (Å²) in [6, 6.07) is 13.8. The normalized spacial score (nSPS) is 11.0. The highest BCUT2D eigenvalue weighted by molar-refractivity contribution is 5.74. The van der Waals surface area contributed by atoms with E-state index in [2.05, 4.69) is 15.3 Å². The zero-order valence-electron chi connectivity index (χ0n) is 14.3. The van der Waals surface area contributed by atoms with Crippen molar-refractivity contribution in [2.75, 3.05) is 19.8 Å². The summed E-state index contributed by atoms with van der Waals surface area (Å²) in [5, 5.41) is 12.3. The Balaban J connectivity index is 1.61. The summed E-state index contributed by atoms with van der Waals surface area (Å²) in [7, 11) is 0. The number of fused-ring (bicyclic) bond motifs is 1. The number of aromatic amines is 1. The monoisotopic (exact) mass is 341 g/mol. The average molecular weight is 341 g/mol. The molecule has 0 fully saturated rings. The maximum Gasteiger partial charge on any atom is 0.161 e. The van der Waals surface area contributed by atoms with Gasteiger partial charge in [-0.3, -0.25) is 0 Å². The van der Waals surface area contributed by atoms with Crippen LogP contribution in [0.5, 0.6) is 11.5 Å². The van der Waals surface area contributed by atoms with E-state index in [1.54, 1.807) is 0 Å². The predicted molar refractivity (Wildman–Crippen MR) is 96.8 cm³/mol. The Morgan fingerprint density at radius 1 is 1.08 bits per heavy atom.